The van der Waals surface area contributed by atoms with Gasteiger partial charge in [0.25, 0.3) is 0 Å². The van der Waals surface area contributed by atoms with E-state index in [-0.39, 0.29) is 18.4 Å². The van der Waals surface area contributed by atoms with Gasteiger partial charge in [0.1, 0.15) is 5.75 Å². The number of halogens is 1. The van der Waals surface area contributed by atoms with Crippen LogP contribution in [0.2, 0.25) is 0 Å². The summed E-state index contributed by atoms with van der Waals surface area (Å²) in [6.07, 6.45) is 1.97. The molecule has 0 spiro atoms. The molecule has 12 heavy (non-hydrogen) atoms. The zero-order valence-electron chi connectivity index (χ0n) is 6.66. The lowest BCUT2D eigenvalue weighted by Crippen LogP contribution is -2.05. The lowest BCUT2D eigenvalue weighted by molar-refractivity contribution is 0.463. The van der Waals surface area contributed by atoms with Crippen molar-refractivity contribution >= 4 is 12.4 Å². The van der Waals surface area contributed by atoms with Gasteiger partial charge in [-0.3, -0.25) is 0 Å². The van der Waals surface area contributed by atoms with Crippen molar-refractivity contribution in [3.8, 4) is 5.75 Å². The highest BCUT2D eigenvalue weighted by molar-refractivity contribution is 5.85. The molecule has 1 aromatic carbocycles. The van der Waals surface area contributed by atoms with Gasteiger partial charge in [-0.2, -0.15) is 0 Å². The number of hydrogen-bond acceptors (Lipinski definition) is 2. The van der Waals surface area contributed by atoms with Crippen LogP contribution in [0.5, 0.6) is 5.75 Å². The van der Waals surface area contributed by atoms with Gasteiger partial charge in [0.15, 0.2) is 0 Å². The second kappa shape index (κ2) is 3.33. The summed E-state index contributed by atoms with van der Waals surface area (Å²) in [5.74, 6) is 0.354. The minimum Gasteiger partial charge on any atom is -0.508 e. The number of aromatic hydroxyl groups is 1. The minimum atomic E-state index is 0. The van der Waals surface area contributed by atoms with Crippen molar-refractivity contribution in [2.45, 2.75) is 18.9 Å². The Bertz CT molecular complexity index is 288. The Morgan fingerprint density at radius 2 is 2.17 bits per heavy atom. The molecule has 3 N–H and O–H groups in total. The number of aryl methyl sites for hydroxylation is 1. The fraction of sp³-hybridized carbons (Fsp3) is 0.333. The van der Waals surface area contributed by atoms with Crippen molar-refractivity contribution in [1.29, 1.82) is 0 Å². The van der Waals surface area contributed by atoms with Crippen molar-refractivity contribution in [2.24, 2.45) is 5.73 Å². The second-order valence-electron chi connectivity index (χ2n) is 3.00. The maximum atomic E-state index is 9.42. The predicted molar refractivity (Wildman–Crippen MR) is 50.6 cm³/mol. The highest BCUT2D eigenvalue weighted by Gasteiger charge is 2.21. The monoisotopic (exact) mass is 185 g/mol. The number of phenolic OH excluding ortho intramolecular Hbond substituents is 1. The summed E-state index contributed by atoms with van der Waals surface area (Å²) in [6, 6.07) is 5.64. The summed E-state index contributed by atoms with van der Waals surface area (Å²) >= 11 is 0. The third kappa shape index (κ3) is 1.28. The molecule has 3 heteroatoms. The van der Waals surface area contributed by atoms with E-state index in [0.29, 0.717) is 5.75 Å². The molecule has 0 fully saturated rings. The van der Waals surface area contributed by atoms with Gasteiger partial charge in [0.2, 0.25) is 0 Å². The normalized spacial score (nSPS) is 19.9. The maximum absolute atomic E-state index is 9.42. The first-order valence-electron chi connectivity index (χ1n) is 3.85. The van der Waals surface area contributed by atoms with Crippen LogP contribution >= 0.6 is 12.4 Å². The average molecular weight is 186 g/mol. The third-order valence-corrected chi connectivity index (χ3v) is 2.27. The molecule has 0 saturated carbocycles. The lowest BCUT2D eigenvalue weighted by atomic mass is 10.1. The van der Waals surface area contributed by atoms with Gasteiger partial charge >= 0.3 is 0 Å². The zero-order chi connectivity index (χ0) is 7.84. The molecule has 0 saturated heterocycles. The van der Waals surface area contributed by atoms with Crippen LogP contribution < -0.4 is 5.73 Å². The van der Waals surface area contributed by atoms with E-state index in [1.807, 2.05) is 12.1 Å². The molecule has 0 heterocycles. The number of benzene rings is 1. The van der Waals surface area contributed by atoms with Gasteiger partial charge in [-0.1, -0.05) is 12.1 Å². The molecule has 1 aliphatic rings. The number of fused-ring (bicyclic) bond motifs is 1. The first-order valence-corrected chi connectivity index (χ1v) is 3.85. The Morgan fingerprint density at radius 1 is 1.42 bits per heavy atom. The molecule has 2 nitrogen and oxygen atoms in total. The molecule has 1 atom stereocenters. The first-order chi connectivity index (χ1) is 5.29. The molecule has 1 aromatic rings. The minimum absolute atomic E-state index is 0. The van der Waals surface area contributed by atoms with Gasteiger partial charge in [-0.25, -0.2) is 0 Å². The Morgan fingerprint density at radius 3 is 2.83 bits per heavy atom. The van der Waals surface area contributed by atoms with Crippen molar-refractivity contribution in [3.63, 3.8) is 0 Å². The Hall–Kier alpha value is -0.730. The predicted octanol–water partition coefficient (Wildman–Crippen LogP) is 1.76. The largest absolute Gasteiger partial charge is 0.508 e. The molecule has 0 aliphatic heterocycles. The smallest absolute Gasteiger partial charge is 0.120 e. The van der Waals surface area contributed by atoms with Crippen LogP contribution in [0.3, 0.4) is 0 Å². The van der Waals surface area contributed by atoms with Gasteiger partial charge in [-0.05, 0) is 24.5 Å². The van der Waals surface area contributed by atoms with Gasteiger partial charge in [0.05, 0.1) is 0 Å². The molecule has 1 aliphatic carbocycles. The topological polar surface area (TPSA) is 46.2 Å². The van der Waals surface area contributed by atoms with Crippen LogP contribution in [-0.4, -0.2) is 5.11 Å². The SMILES string of the molecule is Cl.NC1CCc2cccc(O)c21. The molecule has 0 aromatic heterocycles. The summed E-state index contributed by atoms with van der Waals surface area (Å²) in [4.78, 5) is 0. The summed E-state index contributed by atoms with van der Waals surface area (Å²) in [7, 11) is 0. The highest BCUT2D eigenvalue weighted by atomic mass is 35.5. The van der Waals surface area contributed by atoms with Crippen molar-refractivity contribution in [1.82, 2.24) is 0 Å². The van der Waals surface area contributed by atoms with Crippen LogP contribution in [0.1, 0.15) is 23.6 Å². The summed E-state index contributed by atoms with van der Waals surface area (Å²) < 4.78 is 0. The van der Waals surface area contributed by atoms with Crippen molar-refractivity contribution < 1.29 is 5.11 Å². The second-order valence-corrected chi connectivity index (χ2v) is 3.00. The van der Waals surface area contributed by atoms with E-state index in [4.69, 9.17) is 5.73 Å². The van der Waals surface area contributed by atoms with E-state index in [1.165, 1.54) is 5.56 Å². The molecular weight excluding hydrogens is 174 g/mol. The zero-order valence-corrected chi connectivity index (χ0v) is 7.47. The maximum Gasteiger partial charge on any atom is 0.120 e. The van der Waals surface area contributed by atoms with E-state index in [0.717, 1.165) is 18.4 Å². The van der Waals surface area contributed by atoms with Crippen LogP contribution in [0, 0.1) is 0 Å². The molecule has 1 unspecified atom stereocenters. The molecule has 0 radical (unpaired) electrons. The van der Waals surface area contributed by atoms with Crippen LogP contribution in [-0.2, 0) is 6.42 Å². The first kappa shape index (κ1) is 9.36. The van der Waals surface area contributed by atoms with E-state index in [1.54, 1.807) is 6.07 Å². The molecule has 0 bridgehead atoms. The van der Waals surface area contributed by atoms with Crippen LogP contribution in [0.25, 0.3) is 0 Å². The summed E-state index contributed by atoms with van der Waals surface area (Å²) in [6.45, 7) is 0. The Balaban J connectivity index is 0.000000720. The van der Waals surface area contributed by atoms with E-state index < -0.39 is 0 Å². The molecular formula is C9H12ClNO. The number of hydrogen-bond donors (Lipinski definition) is 2. The van der Waals surface area contributed by atoms with Crippen LogP contribution in [0.4, 0.5) is 0 Å². The number of phenols is 1. The summed E-state index contributed by atoms with van der Waals surface area (Å²) in [5.41, 5.74) is 7.94. The van der Waals surface area contributed by atoms with Crippen molar-refractivity contribution in [2.75, 3.05) is 0 Å². The standard InChI is InChI=1S/C9H11NO.ClH/c10-7-5-4-6-2-1-3-8(11)9(6)7;/h1-3,7,11H,4-5,10H2;1H. The molecule has 66 valence electrons. The Labute approximate surface area is 77.8 Å². The quantitative estimate of drug-likeness (QED) is 0.647. The number of nitrogens with two attached hydrogens (primary N) is 1. The number of rotatable bonds is 0. The van der Waals surface area contributed by atoms with E-state index in [9.17, 15) is 5.11 Å². The van der Waals surface area contributed by atoms with E-state index in [2.05, 4.69) is 0 Å². The Kier molecular flexibility index (Phi) is 2.60. The summed E-state index contributed by atoms with van der Waals surface area (Å²) in [5, 5.41) is 9.42. The fourth-order valence-electron chi connectivity index (χ4n) is 1.70. The van der Waals surface area contributed by atoms with Gasteiger partial charge in [0, 0.05) is 11.6 Å². The third-order valence-electron chi connectivity index (χ3n) is 2.27. The highest BCUT2D eigenvalue weighted by Crippen LogP contribution is 2.35. The van der Waals surface area contributed by atoms with Gasteiger partial charge in [-0.15, -0.1) is 12.4 Å². The fourth-order valence-corrected chi connectivity index (χ4v) is 1.70. The lowest BCUT2D eigenvalue weighted by Gasteiger charge is -2.05. The molecule has 0 amide bonds. The van der Waals surface area contributed by atoms with E-state index >= 15 is 0 Å². The molecule has 2 rings (SSSR count). The van der Waals surface area contributed by atoms with Crippen molar-refractivity contribution in [3.05, 3.63) is 29.3 Å². The van der Waals surface area contributed by atoms with Gasteiger partial charge < -0.3 is 10.8 Å². The van der Waals surface area contributed by atoms with Crippen LogP contribution in [0.15, 0.2) is 18.2 Å². The average Bonchev–Trinajstić information content (AvgIpc) is 2.34.